The third kappa shape index (κ3) is 4.24. The molecule has 0 unspecified atom stereocenters. The van der Waals surface area contributed by atoms with E-state index < -0.39 is 5.91 Å². The van der Waals surface area contributed by atoms with Gasteiger partial charge in [-0.3, -0.25) is 25.4 Å². The minimum Gasteiger partial charge on any atom is -0.267 e. The van der Waals surface area contributed by atoms with E-state index in [1.807, 2.05) is 48.5 Å². The van der Waals surface area contributed by atoms with Gasteiger partial charge in [-0.2, -0.15) is 0 Å². The first-order valence-corrected chi connectivity index (χ1v) is 9.87. The van der Waals surface area contributed by atoms with Crippen molar-refractivity contribution in [1.82, 2.24) is 20.8 Å². The Morgan fingerprint density at radius 1 is 0.793 bits per heavy atom. The zero-order chi connectivity index (χ0) is 20.2. The van der Waals surface area contributed by atoms with Crippen LogP contribution in [0.2, 0.25) is 0 Å². The zero-order valence-electron chi connectivity index (χ0n) is 15.1. The Balaban J connectivity index is 1.64. The average molecular weight is 494 g/mol. The first kappa shape index (κ1) is 19.0. The fraction of sp³-hybridized carbons (Fsp3) is 0. The molecule has 142 valence electrons. The molecule has 29 heavy (non-hydrogen) atoms. The number of benzene rings is 2. The third-order valence-electron chi connectivity index (χ3n) is 4.26. The van der Waals surface area contributed by atoms with Gasteiger partial charge in [-0.25, -0.2) is 4.98 Å². The number of carbonyl (C=O) groups excluding carboxylic acids is 2. The lowest BCUT2D eigenvalue weighted by atomic mass is 10.1. The summed E-state index contributed by atoms with van der Waals surface area (Å²) in [5.41, 5.74) is 7.75. The summed E-state index contributed by atoms with van der Waals surface area (Å²) in [6.45, 7) is 0. The van der Waals surface area contributed by atoms with Crippen molar-refractivity contribution in [2.45, 2.75) is 0 Å². The predicted molar refractivity (Wildman–Crippen MR) is 119 cm³/mol. The van der Waals surface area contributed by atoms with Gasteiger partial charge in [-0.05, 0) is 65.1 Å². The highest BCUT2D eigenvalue weighted by atomic mass is 127. The van der Waals surface area contributed by atoms with Gasteiger partial charge in [0.2, 0.25) is 0 Å². The molecule has 0 fully saturated rings. The van der Waals surface area contributed by atoms with Crippen LogP contribution in [0.3, 0.4) is 0 Å². The number of hydrazine groups is 1. The van der Waals surface area contributed by atoms with E-state index in [1.165, 1.54) is 0 Å². The van der Waals surface area contributed by atoms with Gasteiger partial charge in [-0.15, -0.1) is 0 Å². The maximum atomic E-state index is 12.9. The molecule has 2 aromatic heterocycles. The molecule has 2 amide bonds. The number of nitrogens with one attached hydrogen (secondary N) is 2. The Morgan fingerprint density at radius 2 is 1.59 bits per heavy atom. The van der Waals surface area contributed by atoms with E-state index in [-0.39, 0.29) is 5.91 Å². The average Bonchev–Trinajstić information content (AvgIpc) is 2.77. The number of rotatable bonds is 3. The molecule has 0 saturated carbocycles. The highest BCUT2D eigenvalue weighted by Gasteiger charge is 2.15. The Morgan fingerprint density at radius 3 is 2.38 bits per heavy atom. The summed E-state index contributed by atoms with van der Waals surface area (Å²) in [5, 5.41) is 0.688. The molecule has 2 heterocycles. The van der Waals surface area contributed by atoms with E-state index in [0.717, 1.165) is 3.57 Å². The smallest absolute Gasteiger partial charge is 0.267 e. The first-order valence-electron chi connectivity index (χ1n) is 8.79. The summed E-state index contributed by atoms with van der Waals surface area (Å²) in [5.74, 6) is -0.820. The molecule has 0 spiro atoms. The number of hydrogen-bond acceptors (Lipinski definition) is 4. The molecule has 4 rings (SSSR count). The lowest BCUT2D eigenvalue weighted by Crippen LogP contribution is -2.41. The van der Waals surface area contributed by atoms with Crippen molar-refractivity contribution >= 4 is 45.3 Å². The number of carbonyl (C=O) groups is 2. The number of pyridine rings is 2. The highest BCUT2D eigenvalue weighted by Crippen LogP contribution is 2.23. The second kappa shape index (κ2) is 8.36. The van der Waals surface area contributed by atoms with Crippen molar-refractivity contribution in [3.05, 3.63) is 93.7 Å². The van der Waals surface area contributed by atoms with Crippen molar-refractivity contribution in [1.29, 1.82) is 0 Å². The molecule has 0 aliphatic rings. The largest absolute Gasteiger partial charge is 0.270 e. The summed E-state index contributed by atoms with van der Waals surface area (Å²) >= 11 is 2.13. The van der Waals surface area contributed by atoms with Crippen LogP contribution in [0, 0.1) is 3.57 Å². The fourth-order valence-corrected chi connectivity index (χ4v) is 3.43. The minimum absolute atomic E-state index is 0.389. The minimum atomic E-state index is -0.431. The number of nitrogens with zero attached hydrogens (tertiary/aromatic N) is 2. The van der Waals surface area contributed by atoms with Crippen molar-refractivity contribution in [2.24, 2.45) is 0 Å². The topological polar surface area (TPSA) is 84.0 Å². The van der Waals surface area contributed by atoms with Crippen LogP contribution in [0.1, 0.15) is 20.7 Å². The molecule has 7 heteroatoms. The molecular formula is C22H15IN4O2. The third-order valence-corrected chi connectivity index (χ3v) is 4.94. The normalized spacial score (nSPS) is 10.5. The molecule has 2 N–H and O–H groups in total. The molecule has 0 radical (unpaired) electrons. The molecule has 4 aromatic rings. The quantitative estimate of drug-likeness (QED) is 0.334. The Labute approximate surface area is 180 Å². The van der Waals surface area contributed by atoms with Gasteiger partial charge in [0.05, 0.1) is 22.5 Å². The van der Waals surface area contributed by atoms with Crippen molar-refractivity contribution in [3.8, 4) is 11.4 Å². The Bertz CT molecular complexity index is 1210. The lowest BCUT2D eigenvalue weighted by Gasteiger charge is -2.11. The monoisotopic (exact) mass is 494 g/mol. The Kier molecular flexibility index (Phi) is 5.48. The zero-order valence-corrected chi connectivity index (χ0v) is 17.3. The number of amides is 2. The molecule has 6 nitrogen and oxygen atoms in total. The van der Waals surface area contributed by atoms with Gasteiger partial charge in [0.15, 0.2) is 0 Å². The van der Waals surface area contributed by atoms with E-state index in [0.29, 0.717) is 33.4 Å². The second-order valence-corrected chi connectivity index (χ2v) is 7.45. The van der Waals surface area contributed by atoms with Gasteiger partial charge in [0, 0.05) is 20.7 Å². The number of fused-ring (bicyclic) bond motifs is 1. The van der Waals surface area contributed by atoms with Crippen LogP contribution in [-0.4, -0.2) is 21.8 Å². The highest BCUT2D eigenvalue weighted by molar-refractivity contribution is 14.1. The van der Waals surface area contributed by atoms with Crippen molar-refractivity contribution < 1.29 is 9.59 Å². The number of aromatic nitrogens is 2. The summed E-state index contributed by atoms with van der Waals surface area (Å²) in [7, 11) is 0. The maximum absolute atomic E-state index is 12.9. The number of halogens is 1. The van der Waals surface area contributed by atoms with Crippen LogP contribution in [0.4, 0.5) is 0 Å². The molecule has 0 atom stereocenters. The summed E-state index contributed by atoms with van der Waals surface area (Å²) in [6.07, 6.45) is 1.67. The van der Waals surface area contributed by atoms with E-state index in [9.17, 15) is 9.59 Å². The van der Waals surface area contributed by atoms with Crippen molar-refractivity contribution in [2.75, 3.05) is 0 Å². The van der Waals surface area contributed by atoms with Crippen LogP contribution in [-0.2, 0) is 0 Å². The Hall–Kier alpha value is -3.33. The lowest BCUT2D eigenvalue weighted by molar-refractivity contribution is 0.0847. The van der Waals surface area contributed by atoms with Gasteiger partial charge in [0.1, 0.15) is 0 Å². The van der Waals surface area contributed by atoms with E-state index >= 15 is 0 Å². The molecule has 0 saturated heterocycles. The SMILES string of the molecule is O=C(NNC(=O)c1cc(-c2ccccn2)nc2ccccc12)c1cccc(I)c1. The standard InChI is InChI=1S/C22H15IN4O2/c23-15-7-5-6-14(12-15)21(28)26-27-22(29)17-13-20(19-10-3-4-11-24-19)25-18-9-2-1-8-16(17)18/h1-13H,(H,26,28)(H,27,29). The number of para-hydroxylation sites is 1. The fourth-order valence-electron chi connectivity index (χ4n) is 2.89. The van der Waals surface area contributed by atoms with Crippen LogP contribution in [0.5, 0.6) is 0 Å². The summed E-state index contributed by atoms with van der Waals surface area (Å²) in [6, 6.07) is 21.6. The van der Waals surface area contributed by atoms with Gasteiger partial charge in [-0.1, -0.05) is 30.3 Å². The molecular weight excluding hydrogens is 479 g/mol. The summed E-state index contributed by atoms with van der Waals surface area (Å²) < 4.78 is 0.932. The van der Waals surface area contributed by atoms with Crippen LogP contribution in [0.25, 0.3) is 22.3 Å². The van der Waals surface area contributed by atoms with Crippen LogP contribution >= 0.6 is 22.6 Å². The molecule has 2 aromatic carbocycles. The first-order chi connectivity index (χ1) is 14.1. The molecule has 0 aliphatic heterocycles. The molecule has 0 aliphatic carbocycles. The van der Waals surface area contributed by atoms with E-state index in [1.54, 1.807) is 30.5 Å². The predicted octanol–water partition coefficient (Wildman–Crippen LogP) is 3.98. The van der Waals surface area contributed by atoms with Gasteiger partial charge in [0.25, 0.3) is 11.8 Å². The van der Waals surface area contributed by atoms with Gasteiger partial charge >= 0.3 is 0 Å². The maximum Gasteiger partial charge on any atom is 0.270 e. The van der Waals surface area contributed by atoms with E-state index in [4.69, 9.17) is 0 Å². The van der Waals surface area contributed by atoms with E-state index in [2.05, 4.69) is 43.4 Å². The second-order valence-electron chi connectivity index (χ2n) is 6.21. The summed E-state index contributed by atoms with van der Waals surface area (Å²) in [4.78, 5) is 34.1. The van der Waals surface area contributed by atoms with Crippen LogP contribution in [0.15, 0.2) is 79.0 Å². The van der Waals surface area contributed by atoms with Crippen LogP contribution < -0.4 is 10.9 Å². The van der Waals surface area contributed by atoms with Crippen molar-refractivity contribution in [3.63, 3.8) is 0 Å². The molecule has 0 bridgehead atoms. The number of hydrogen-bond donors (Lipinski definition) is 2. The van der Waals surface area contributed by atoms with Gasteiger partial charge < -0.3 is 0 Å².